The summed E-state index contributed by atoms with van der Waals surface area (Å²) in [5, 5.41) is 9.83. The second kappa shape index (κ2) is 8.70. The van der Waals surface area contributed by atoms with E-state index in [9.17, 15) is 14.4 Å². The summed E-state index contributed by atoms with van der Waals surface area (Å²) < 4.78 is 4.44. The van der Waals surface area contributed by atoms with Gasteiger partial charge in [0.1, 0.15) is 6.61 Å². The largest absolute Gasteiger partial charge is 0.480 e. The Morgan fingerprint density at radius 3 is 2.52 bits per heavy atom. The minimum atomic E-state index is -1.25. The van der Waals surface area contributed by atoms with Crippen molar-refractivity contribution in [3.8, 4) is 0 Å². The van der Waals surface area contributed by atoms with Crippen LogP contribution in [0.3, 0.4) is 0 Å². The average molecular weight is 295 g/mol. The maximum atomic E-state index is 11.2. The van der Waals surface area contributed by atoms with E-state index in [4.69, 9.17) is 9.94 Å². The molecule has 114 valence electrons. The van der Waals surface area contributed by atoms with Gasteiger partial charge in [-0.15, -0.1) is 0 Å². The molecule has 0 heterocycles. The monoisotopic (exact) mass is 295 g/mol. The van der Waals surface area contributed by atoms with Crippen LogP contribution in [-0.2, 0) is 30.6 Å². The topological polar surface area (TPSA) is 93.1 Å². The Morgan fingerprint density at radius 2 is 2.00 bits per heavy atom. The lowest BCUT2D eigenvalue weighted by molar-refractivity contribution is -0.201. The maximum absolute atomic E-state index is 11.2. The number of esters is 1. The molecule has 0 radical (unpaired) electrons. The van der Waals surface area contributed by atoms with Gasteiger partial charge in [-0.3, -0.25) is 14.4 Å². The SMILES string of the molecule is COC(=O)CC[C@H](C(=O)O)N(C=O)OCc1ccccc1. The van der Waals surface area contributed by atoms with Crippen molar-refractivity contribution < 1.29 is 29.1 Å². The molecule has 21 heavy (non-hydrogen) atoms. The van der Waals surface area contributed by atoms with Crippen LogP contribution in [-0.4, -0.2) is 41.7 Å². The van der Waals surface area contributed by atoms with E-state index >= 15 is 0 Å². The molecule has 1 rings (SSSR count). The summed E-state index contributed by atoms with van der Waals surface area (Å²) in [5.74, 6) is -1.80. The van der Waals surface area contributed by atoms with Gasteiger partial charge in [-0.25, -0.2) is 9.86 Å². The zero-order valence-corrected chi connectivity index (χ0v) is 11.6. The quantitative estimate of drug-likeness (QED) is 0.415. The van der Waals surface area contributed by atoms with Crippen molar-refractivity contribution in [2.75, 3.05) is 7.11 Å². The molecule has 0 unspecified atom stereocenters. The van der Waals surface area contributed by atoms with Crippen molar-refractivity contribution in [3.63, 3.8) is 0 Å². The van der Waals surface area contributed by atoms with Crippen molar-refractivity contribution in [3.05, 3.63) is 35.9 Å². The Bertz CT molecular complexity index is 476. The van der Waals surface area contributed by atoms with Gasteiger partial charge < -0.3 is 9.84 Å². The normalized spacial score (nSPS) is 11.5. The number of ether oxygens (including phenoxy) is 1. The molecule has 1 N–H and O–H groups in total. The number of hydroxylamine groups is 2. The second-order valence-electron chi connectivity index (χ2n) is 4.19. The third-order valence-corrected chi connectivity index (χ3v) is 2.77. The number of amides is 1. The van der Waals surface area contributed by atoms with Crippen LogP contribution in [0.2, 0.25) is 0 Å². The Morgan fingerprint density at radius 1 is 1.33 bits per heavy atom. The van der Waals surface area contributed by atoms with Gasteiger partial charge in [-0.1, -0.05) is 30.3 Å². The third-order valence-electron chi connectivity index (χ3n) is 2.77. The number of nitrogens with zero attached hydrogens (tertiary/aromatic N) is 1. The Kier molecular flexibility index (Phi) is 6.90. The lowest BCUT2D eigenvalue weighted by Gasteiger charge is -2.23. The lowest BCUT2D eigenvalue weighted by Crippen LogP contribution is -2.40. The molecule has 0 aliphatic heterocycles. The summed E-state index contributed by atoms with van der Waals surface area (Å²) in [4.78, 5) is 38.5. The summed E-state index contributed by atoms with van der Waals surface area (Å²) in [5.41, 5.74) is 0.793. The highest BCUT2D eigenvalue weighted by Crippen LogP contribution is 2.10. The number of rotatable bonds is 9. The van der Waals surface area contributed by atoms with Gasteiger partial charge in [0.25, 0.3) is 0 Å². The fraction of sp³-hybridized carbons (Fsp3) is 0.357. The predicted molar refractivity (Wildman–Crippen MR) is 71.8 cm³/mol. The Balaban J connectivity index is 2.62. The van der Waals surface area contributed by atoms with Crippen molar-refractivity contribution in [2.45, 2.75) is 25.5 Å². The fourth-order valence-corrected chi connectivity index (χ4v) is 1.63. The van der Waals surface area contributed by atoms with Gasteiger partial charge in [0.15, 0.2) is 6.04 Å². The molecular weight excluding hydrogens is 278 g/mol. The van der Waals surface area contributed by atoms with Crippen LogP contribution in [0.25, 0.3) is 0 Å². The van der Waals surface area contributed by atoms with Crippen molar-refractivity contribution >= 4 is 18.3 Å². The number of carbonyl (C=O) groups is 3. The minimum absolute atomic E-state index is 0.0571. The van der Waals surface area contributed by atoms with E-state index in [1.165, 1.54) is 7.11 Å². The van der Waals surface area contributed by atoms with Crippen LogP contribution in [0.15, 0.2) is 30.3 Å². The van der Waals surface area contributed by atoms with Crippen LogP contribution in [0.4, 0.5) is 0 Å². The molecule has 1 atom stereocenters. The van der Waals surface area contributed by atoms with Crippen LogP contribution in [0, 0.1) is 0 Å². The van der Waals surface area contributed by atoms with E-state index in [1.54, 1.807) is 24.3 Å². The number of carboxylic acids is 1. The molecule has 0 aliphatic rings. The van der Waals surface area contributed by atoms with Crippen LogP contribution >= 0.6 is 0 Å². The van der Waals surface area contributed by atoms with E-state index in [1.807, 2.05) is 6.07 Å². The minimum Gasteiger partial charge on any atom is -0.480 e. The highest BCUT2D eigenvalue weighted by atomic mass is 16.7. The maximum Gasteiger partial charge on any atom is 0.329 e. The smallest absolute Gasteiger partial charge is 0.329 e. The zero-order chi connectivity index (χ0) is 15.7. The molecule has 0 fully saturated rings. The summed E-state index contributed by atoms with van der Waals surface area (Å²) in [7, 11) is 1.21. The number of carbonyl (C=O) groups excluding carboxylic acids is 2. The Hall–Kier alpha value is -2.41. The number of benzene rings is 1. The summed E-state index contributed by atoms with van der Waals surface area (Å²) in [6.45, 7) is 0.0571. The number of carboxylic acid groups (broad SMARTS) is 1. The van der Waals surface area contributed by atoms with Gasteiger partial charge in [0.2, 0.25) is 6.41 Å². The molecule has 1 aromatic carbocycles. The van der Waals surface area contributed by atoms with E-state index < -0.39 is 18.0 Å². The molecule has 1 amide bonds. The first-order valence-electron chi connectivity index (χ1n) is 6.28. The molecule has 0 aromatic heterocycles. The predicted octanol–water partition coefficient (Wildman–Crippen LogP) is 0.983. The number of hydrogen-bond donors (Lipinski definition) is 1. The van der Waals surface area contributed by atoms with Gasteiger partial charge >= 0.3 is 11.9 Å². The molecule has 7 nitrogen and oxygen atoms in total. The number of methoxy groups -OCH3 is 1. The molecular formula is C14H17NO6. The molecule has 0 bridgehead atoms. The second-order valence-corrected chi connectivity index (χ2v) is 4.19. The molecule has 0 saturated heterocycles. The van der Waals surface area contributed by atoms with Crippen LogP contribution in [0.1, 0.15) is 18.4 Å². The molecule has 0 saturated carbocycles. The highest BCUT2D eigenvalue weighted by molar-refractivity contribution is 5.77. The first kappa shape index (κ1) is 16.6. The van der Waals surface area contributed by atoms with Crippen molar-refractivity contribution in [1.29, 1.82) is 0 Å². The first-order chi connectivity index (χ1) is 10.1. The average Bonchev–Trinajstić information content (AvgIpc) is 2.50. The zero-order valence-electron chi connectivity index (χ0n) is 11.6. The van der Waals surface area contributed by atoms with Gasteiger partial charge in [0.05, 0.1) is 7.11 Å². The number of aliphatic carboxylic acids is 1. The molecule has 1 aromatic rings. The van der Waals surface area contributed by atoms with E-state index in [-0.39, 0.29) is 19.4 Å². The summed E-state index contributed by atoms with van der Waals surface area (Å²) in [6.07, 6.45) is 0.0844. The van der Waals surface area contributed by atoms with Crippen molar-refractivity contribution in [1.82, 2.24) is 5.06 Å². The van der Waals surface area contributed by atoms with E-state index in [2.05, 4.69) is 4.74 Å². The van der Waals surface area contributed by atoms with E-state index in [0.717, 1.165) is 5.56 Å². The molecule has 0 aliphatic carbocycles. The molecule has 7 heteroatoms. The molecule has 0 spiro atoms. The van der Waals surface area contributed by atoms with Gasteiger partial charge in [-0.2, -0.15) is 0 Å². The van der Waals surface area contributed by atoms with Gasteiger partial charge in [-0.05, 0) is 12.0 Å². The Labute approximate surface area is 122 Å². The lowest BCUT2D eigenvalue weighted by atomic mass is 10.1. The first-order valence-corrected chi connectivity index (χ1v) is 6.28. The fourth-order valence-electron chi connectivity index (χ4n) is 1.63. The van der Waals surface area contributed by atoms with Gasteiger partial charge in [0, 0.05) is 6.42 Å². The highest BCUT2D eigenvalue weighted by Gasteiger charge is 2.26. The van der Waals surface area contributed by atoms with Crippen LogP contribution < -0.4 is 0 Å². The third kappa shape index (κ3) is 5.62. The number of hydrogen-bond acceptors (Lipinski definition) is 5. The summed E-state index contributed by atoms with van der Waals surface area (Å²) in [6, 6.07) is 7.76. The summed E-state index contributed by atoms with van der Waals surface area (Å²) >= 11 is 0. The van der Waals surface area contributed by atoms with Crippen molar-refractivity contribution in [2.24, 2.45) is 0 Å². The van der Waals surface area contributed by atoms with E-state index in [0.29, 0.717) is 11.5 Å². The van der Waals surface area contributed by atoms with Crippen LogP contribution in [0.5, 0.6) is 0 Å². The standard InChI is InChI=1S/C14H17NO6/c1-20-13(17)8-7-12(14(18)19)15(10-16)21-9-11-5-3-2-4-6-11/h2-6,10,12H,7-9H2,1H3,(H,18,19)/t12-/m1/s1.